The molecule has 0 N–H and O–H groups in total. The summed E-state index contributed by atoms with van der Waals surface area (Å²) in [5.41, 5.74) is 0.688. The van der Waals surface area contributed by atoms with E-state index in [4.69, 9.17) is 23.2 Å². The van der Waals surface area contributed by atoms with Crippen molar-refractivity contribution in [3.05, 3.63) is 28.8 Å². The van der Waals surface area contributed by atoms with Gasteiger partial charge < -0.3 is 0 Å². The Morgan fingerprint density at radius 2 is 2.14 bits per heavy atom. The van der Waals surface area contributed by atoms with Crippen molar-refractivity contribution in [2.24, 2.45) is 0 Å². The lowest BCUT2D eigenvalue weighted by Crippen LogP contribution is -2.02. The van der Waals surface area contributed by atoms with Gasteiger partial charge in [-0.2, -0.15) is 0 Å². The van der Waals surface area contributed by atoms with Crippen LogP contribution < -0.4 is 0 Å². The lowest BCUT2D eigenvalue weighted by Gasteiger charge is -2.10. The molecular formula is C10H10Cl2OS. The third kappa shape index (κ3) is 2.44. The van der Waals surface area contributed by atoms with Crippen LogP contribution >= 0.6 is 35.0 Å². The number of hydrogen-bond donors (Lipinski definition) is 0. The van der Waals surface area contributed by atoms with Gasteiger partial charge in [0.15, 0.2) is 5.78 Å². The molecular weight excluding hydrogens is 239 g/mol. The van der Waals surface area contributed by atoms with Crippen molar-refractivity contribution in [1.29, 1.82) is 0 Å². The van der Waals surface area contributed by atoms with Crippen molar-refractivity contribution in [2.45, 2.75) is 17.2 Å². The lowest BCUT2D eigenvalue weighted by molar-refractivity contribution is -0.116. The van der Waals surface area contributed by atoms with E-state index in [-0.39, 0.29) is 5.78 Å². The van der Waals surface area contributed by atoms with Gasteiger partial charge in [-0.1, -0.05) is 23.7 Å². The molecule has 0 heterocycles. The molecule has 0 fully saturated rings. The highest BCUT2D eigenvalue weighted by molar-refractivity contribution is 7.98. The van der Waals surface area contributed by atoms with Crippen LogP contribution in [0.25, 0.3) is 0 Å². The third-order valence-electron chi connectivity index (χ3n) is 1.84. The molecule has 1 atom stereocenters. The summed E-state index contributed by atoms with van der Waals surface area (Å²) >= 11 is 13.6. The summed E-state index contributed by atoms with van der Waals surface area (Å²) in [6.45, 7) is 1.46. The van der Waals surface area contributed by atoms with Crippen molar-refractivity contribution in [1.82, 2.24) is 0 Å². The number of alkyl halides is 1. The fourth-order valence-electron chi connectivity index (χ4n) is 1.10. The Morgan fingerprint density at radius 3 is 2.64 bits per heavy atom. The molecule has 0 aliphatic rings. The minimum atomic E-state index is -0.644. The summed E-state index contributed by atoms with van der Waals surface area (Å²) in [6, 6.07) is 5.53. The normalized spacial score (nSPS) is 12.6. The summed E-state index contributed by atoms with van der Waals surface area (Å²) in [7, 11) is 0. The van der Waals surface area contributed by atoms with Crippen molar-refractivity contribution in [3.8, 4) is 0 Å². The minimum Gasteiger partial charge on any atom is -0.298 e. The van der Waals surface area contributed by atoms with Gasteiger partial charge in [0, 0.05) is 4.90 Å². The Hall–Kier alpha value is -0.180. The van der Waals surface area contributed by atoms with Crippen LogP contribution in [0.2, 0.25) is 5.02 Å². The molecule has 1 rings (SSSR count). The third-order valence-corrected chi connectivity index (χ3v) is 3.70. The molecule has 4 heteroatoms. The largest absolute Gasteiger partial charge is 0.298 e. The predicted octanol–water partition coefficient (Wildman–Crippen LogP) is 3.93. The number of carbonyl (C=O) groups excluding carboxylic acids is 1. The predicted molar refractivity (Wildman–Crippen MR) is 62.5 cm³/mol. The van der Waals surface area contributed by atoms with E-state index in [1.165, 1.54) is 18.7 Å². The molecule has 1 aromatic carbocycles. The number of benzene rings is 1. The first-order valence-electron chi connectivity index (χ1n) is 4.05. The molecule has 0 aromatic heterocycles. The lowest BCUT2D eigenvalue weighted by atomic mass is 10.1. The van der Waals surface area contributed by atoms with Gasteiger partial charge in [0.05, 0.1) is 5.02 Å². The van der Waals surface area contributed by atoms with Gasteiger partial charge in [0.2, 0.25) is 0 Å². The number of hydrogen-bond acceptors (Lipinski definition) is 2. The van der Waals surface area contributed by atoms with Crippen LogP contribution in [0.1, 0.15) is 17.9 Å². The molecule has 0 radical (unpaired) electrons. The van der Waals surface area contributed by atoms with Gasteiger partial charge in [-0.3, -0.25) is 4.79 Å². The van der Waals surface area contributed by atoms with Crippen molar-refractivity contribution < 1.29 is 4.79 Å². The monoisotopic (exact) mass is 248 g/mol. The maximum atomic E-state index is 11.1. The maximum Gasteiger partial charge on any atom is 0.152 e. The number of rotatable bonds is 3. The highest BCUT2D eigenvalue weighted by Gasteiger charge is 2.17. The van der Waals surface area contributed by atoms with Gasteiger partial charge >= 0.3 is 0 Å². The fourth-order valence-corrected chi connectivity index (χ4v) is 2.32. The summed E-state index contributed by atoms with van der Waals surface area (Å²) in [5, 5.41) is -0.0650. The first-order valence-corrected chi connectivity index (χ1v) is 6.08. The van der Waals surface area contributed by atoms with E-state index in [2.05, 4.69) is 0 Å². The van der Waals surface area contributed by atoms with E-state index >= 15 is 0 Å². The van der Waals surface area contributed by atoms with Gasteiger partial charge in [0.25, 0.3) is 0 Å². The highest BCUT2D eigenvalue weighted by atomic mass is 35.5. The zero-order valence-corrected chi connectivity index (χ0v) is 10.2. The van der Waals surface area contributed by atoms with Crippen LogP contribution in [0.15, 0.2) is 23.1 Å². The quantitative estimate of drug-likeness (QED) is 0.596. The zero-order chi connectivity index (χ0) is 10.7. The van der Waals surface area contributed by atoms with Crippen molar-refractivity contribution >= 4 is 40.7 Å². The smallest absolute Gasteiger partial charge is 0.152 e. The van der Waals surface area contributed by atoms with E-state index in [0.717, 1.165) is 4.90 Å². The Labute approximate surface area is 97.8 Å². The molecule has 1 nitrogen and oxygen atoms in total. The molecule has 0 bridgehead atoms. The van der Waals surface area contributed by atoms with E-state index in [1.54, 1.807) is 6.07 Å². The van der Waals surface area contributed by atoms with Gasteiger partial charge in [-0.15, -0.1) is 23.4 Å². The number of ketones is 1. The van der Waals surface area contributed by atoms with Crippen LogP contribution in [0.5, 0.6) is 0 Å². The number of halogens is 2. The average molecular weight is 249 g/mol. The van der Waals surface area contributed by atoms with Gasteiger partial charge in [-0.25, -0.2) is 0 Å². The molecule has 0 saturated carbocycles. The van der Waals surface area contributed by atoms with Crippen LogP contribution in [0.4, 0.5) is 0 Å². The minimum absolute atomic E-state index is 0.0909. The summed E-state index contributed by atoms with van der Waals surface area (Å²) in [5.74, 6) is -0.0909. The molecule has 0 aliphatic heterocycles. The summed E-state index contributed by atoms with van der Waals surface area (Å²) < 4.78 is 0. The second-order valence-electron chi connectivity index (χ2n) is 2.84. The van der Waals surface area contributed by atoms with E-state index in [0.29, 0.717) is 10.6 Å². The van der Waals surface area contributed by atoms with Crippen molar-refractivity contribution in [2.75, 3.05) is 6.26 Å². The highest BCUT2D eigenvalue weighted by Crippen LogP contribution is 2.34. The fraction of sp³-hybridized carbons (Fsp3) is 0.300. The molecule has 1 aromatic rings. The van der Waals surface area contributed by atoms with Crippen LogP contribution in [0.3, 0.4) is 0 Å². The average Bonchev–Trinajstić information content (AvgIpc) is 2.17. The summed E-state index contributed by atoms with van der Waals surface area (Å²) in [4.78, 5) is 12.0. The van der Waals surface area contributed by atoms with Crippen LogP contribution in [0, 0.1) is 0 Å². The Kier molecular flexibility index (Phi) is 4.30. The molecule has 0 spiro atoms. The molecule has 76 valence electrons. The van der Waals surface area contributed by atoms with E-state index in [9.17, 15) is 4.79 Å². The second kappa shape index (κ2) is 5.06. The maximum absolute atomic E-state index is 11.1. The Balaban J connectivity index is 3.15. The second-order valence-corrected chi connectivity index (χ2v) is 4.50. The molecule has 1 unspecified atom stereocenters. The standard InChI is InChI=1S/C10H10Cl2OS/c1-6(13)9(11)7-4-3-5-8(14-2)10(7)12/h3-5,9H,1-2H3. The Bertz CT molecular complexity index is 352. The SMILES string of the molecule is CSc1cccc(C(Cl)C(C)=O)c1Cl. The van der Waals surface area contributed by atoms with Crippen molar-refractivity contribution in [3.63, 3.8) is 0 Å². The summed E-state index contributed by atoms with van der Waals surface area (Å²) in [6.07, 6.45) is 1.93. The van der Waals surface area contributed by atoms with Crippen LogP contribution in [-0.4, -0.2) is 12.0 Å². The van der Waals surface area contributed by atoms with Crippen LogP contribution in [-0.2, 0) is 4.79 Å². The first kappa shape index (κ1) is 11.9. The topological polar surface area (TPSA) is 17.1 Å². The first-order chi connectivity index (χ1) is 6.57. The number of Topliss-reactive ketones (excluding diaryl/α,β-unsaturated/α-hetero) is 1. The van der Waals surface area contributed by atoms with Gasteiger partial charge in [-0.05, 0) is 24.8 Å². The number of thioether (sulfide) groups is 1. The molecule has 0 saturated heterocycles. The molecule has 0 amide bonds. The number of carbonyl (C=O) groups is 1. The zero-order valence-electron chi connectivity index (χ0n) is 7.88. The Morgan fingerprint density at radius 1 is 1.50 bits per heavy atom. The molecule has 14 heavy (non-hydrogen) atoms. The molecule has 0 aliphatic carbocycles. The van der Waals surface area contributed by atoms with E-state index in [1.807, 2.05) is 18.4 Å². The van der Waals surface area contributed by atoms with E-state index < -0.39 is 5.38 Å². The van der Waals surface area contributed by atoms with Gasteiger partial charge in [0.1, 0.15) is 5.38 Å².